The fourth-order valence-electron chi connectivity index (χ4n) is 2.66. The summed E-state index contributed by atoms with van der Waals surface area (Å²) in [5, 5.41) is 3.29. The predicted molar refractivity (Wildman–Crippen MR) is 102 cm³/mol. The molecule has 0 saturated heterocycles. The molecule has 0 atom stereocenters. The van der Waals surface area contributed by atoms with Crippen molar-refractivity contribution >= 4 is 43.0 Å². The van der Waals surface area contributed by atoms with Crippen LogP contribution in [0.3, 0.4) is 0 Å². The van der Waals surface area contributed by atoms with Gasteiger partial charge in [0.25, 0.3) is 10.0 Å². The third kappa shape index (κ3) is 3.15. The fourth-order valence-corrected chi connectivity index (χ4v) is 5.01. The maximum Gasteiger partial charge on any atom is 0.270 e. The number of rotatable bonds is 4. The van der Waals surface area contributed by atoms with Crippen molar-refractivity contribution in [1.82, 2.24) is 15.0 Å². The number of pyridine rings is 2. The molecule has 0 aliphatic rings. The number of hydrogen-bond donors (Lipinski definition) is 0. The van der Waals surface area contributed by atoms with Gasteiger partial charge >= 0.3 is 0 Å². The van der Waals surface area contributed by atoms with Gasteiger partial charge in [-0.15, -0.1) is 11.3 Å². The Balaban J connectivity index is 1.94. The summed E-state index contributed by atoms with van der Waals surface area (Å²) in [4.78, 5) is 11.8. The van der Waals surface area contributed by atoms with Gasteiger partial charge in [0.15, 0.2) is 0 Å². The second-order valence-corrected chi connectivity index (χ2v) is 8.45. The number of aryl methyl sites for hydroxylation is 1. The first-order valence-electron chi connectivity index (χ1n) is 7.87. The Kier molecular flexibility index (Phi) is 4.33. The van der Waals surface area contributed by atoms with Gasteiger partial charge in [-0.3, -0.25) is 4.98 Å². The highest BCUT2D eigenvalue weighted by molar-refractivity contribution is 7.93. The lowest BCUT2D eigenvalue weighted by atomic mass is 10.2. The predicted octanol–water partition coefficient (Wildman–Crippen LogP) is 4.06. The molecule has 6 nitrogen and oxygen atoms in total. The molecular weight excluding hydrogens is 387 g/mol. The first kappa shape index (κ1) is 17.5. The maximum atomic E-state index is 14.5. The van der Waals surface area contributed by atoms with E-state index in [1.165, 1.54) is 30.6 Å². The second kappa shape index (κ2) is 6.67. The van der Waals surface area contributed by atoms with Gasteiger partial charge in [0, 0.05) is 35.6 Å². The van der Waals surface area contributed by atoms with E-state index in [2.05, 4.69) is 15.0 Å². The number of fused-ring (bicyclic) bond motifs is 1. The van der Waals surface area contributed by atoms with Gasteiger partial charge in [-0.1, -0.05) is 6.07 Å². The van der Waals surface area contributed by atoms with E-state index in [9.17, 15) is 12.8 Å². The van der Waals surface area contributed by atoms with E-state index in [-0.39, 0.29) is 15.7 Å². The average molecular weight is 400 g/mol. The van der Waals surface area contributed by atoms with E-state index >= 15 is 0 Å². The van der Waals surface area contributed by atoms with E-state index in [1.54, 1.807) is 36.8 Å². The average Bonchev–Trinajstić information content (AvgIpc) is 3.18. The van der Waals surface area contributed by atoms with Gasteiger partial charge in [0.2, 0.25) is 11.1 Å². The summed E-state index contributed by atoms with van der Waals surface area (Å²) in [5.41, 5.74) is 0.465. The van der Waals surface area contributed by atoms with Crippen LogP contribution in [0, 0.1) is 12.9 Å². The Morgan fingerprint density at radius 3 is 2.67 bits per heavy atom. The first-order chi connectivity index (χ1) is 13.0. The number of halogens is 1. The Morgan fingerprint density at radius 2 is 1.89 bits per heavy atom. The Hall–Kier alpha value is -2.91. The molecule has 0 aliphatic heterocycles. The van der Waals surface area contributed by atoms with Gasteiger partial charge < -0.3 is 0 Å². The van der Waals surface area contributed by atoms with Crippen LogP contribution in [0.4, 0.5) is 15.2 Å². The maximum absolute atomic E-state index is 14.5. The van der Waals surface area contributed by atoms with Crippen LogP contribution in [0.2, 0.25) is 0 Å². The van der Waals surface area contributed by atoms with Crippen LogP contribution in [0.25, 0.3) is 10.8 Å². The highest BCUT2D eigenvalue weighted by atomic mass is 32.2. The number of sulfonamides is 1. The van der Waals surface area contributed by atoms with E-state index in [0.29, 0.717) is 10.9 Å². The van der Waals surface area contributed by atoms with Crippen molar-refractivity contribution in [1.29, 1.82) is 0 Å². The Bertz CT molecular complexity index is 1230. The molecule has 136 valence electrons. The zero-order chi connectivity index (χ0) is 19.0. The number of benzene rings is 1. The van der Waals surface area contributed by atoms with E-state index in [0.717, 1.165) is 21.0 Å². The molecule has 0 bridgehead atoms. The number of hydrogen-bond acceptors (Lipinski definition) is 6. The summed E-state index contributed by atoms with van der Waals surface area (Å²) in [6.45, 7) is 1.71. The quantitative estimate of drug-likeness (QED) is 0.483. The lowest BCUT2D eigenvalue weighted by Gasteiger charge is -2.22. The molecule has 0 unspecified atom stereocenters. The SMILES string of the molecule is Cc1cnc(F)c(N(c2nccs2)S(=O)(=O)c2ccc3cnccc3c2)c1. The highest BCUT2D eigenvalue weighted by Crippen LogP contribution is 2.35. The molecule has 0 aliphatic carbocycles. The van der Waals surface area contributed by atoms with Crippen LogP contribution in [0.1, 0.15) is 5.56 Å². The normalized spacial score (nSPS) is 11.6. The minimum Gasteiger partial charge on any atom is -0.264 e. The van der Waals surface area contributed by atoms with Crippen LogP contribution < -0.4 is 4.31 Å². The fraction of sp³-hybridized carbons (Fsp3) is 0.0556. The minimum absolute atomic E-state index is 0.0253. The van der Waals surface area contributed by atoms with Gasteiger partial charge in [-0.2, -0.15) is 4.39 Å². The molecule has 0 spiro atoms. The van der Waals surface area contributed by atoms with Crippen molar-refractivity contribution in [3.8, 4) is 0 Å². The number of aromatic nitrogens is 3. The number of nitrogens with zero attached hydrogens (tertiary/aromatic N) is 4. The molecule has 0 saturated carbocycles. The standard InChI is InChI=1S/C18H13FN4O2S2/c1-12-8-16(17(19)22-10-12)23(18-21-6-7-26-18)27(24,25)15-3-2-14-11-20-5-4-13(14)9-15/h2-11H,1H3. The molecule has 4 aromatic rings. The lowest BCUT2D eigenvalue weighted by molar-refractivity contribution is 0.577. The minimum atomic E-state index is -4.13. The largest absolute Gasteiger partial charge is 0.270 e. The van der Waals surface area contributed by atoms with Crippen molar-refractivity contribution < 1.29 is 12.8 Å². The highest BCUT2D eigenvalue weighted by Gasteiger charge is 2.31. The molecule has 3 aromatic heterocycles. The van der Waals surface area contributed by atoms with Crippen LogP contribution in [-0.4, -0.2) is 23.4 Å². The smallest absolute Gasteiger partial charge is 0.264 e. The number of anilines is 2. The monoisotopic (exact) mass is 400 g/mol. The van der Waals surface area contributed by atoms with Gasteiger partial charge in [-0.25, -0.2) is 22.7 Å². The van der Waals surface area contributed by atoms with Crippen molar-refractivity contribution in [2.75, 3.05) is 4.31 Å². The molecule has 1 aromatic carbocycles. The summed E-state index contributed by atoms with van der Waals surface area (Å²) >= 11 is 1.10. The molecule has 0 fully saturated rings. The van der Waals surface area contributed by atoms with Crippen molar-refractivity contribution in [3.05, 3.63) is 72.0 Å². The van der Waals surface area contributed by atoms with Gasteiger partial charge in [0.05, 0.1) is 4.90 Å². The van der Waals surface area contributed by atoms with Crippen LogP contribution in [-0.2, 0) is 10.0 Å². The Labute approximate surface area is 159 Å². The molecule has 9 heteroatoms. The molecule has 0 N–H and O–H groups in total. The van der Waals surface area contributed by atoms with Crippen molar-refractivity contribution in [2.24, 2.45) is 0 Å². The molecule has 27 heavy (non-hydrogen) atoms. The third-order valence-electron chi connectivity index (χ3n) is 3.92. The van der Waals surface area contributed by atoms with Crippen LogP contribution in [0.15, 0.2) is 65.4 Å². The van der Waals surface area contributed by atoms with E-state index in [4.69, 9.17) is 0 Å². The first-order valence-corrected chi connectivity index (χ1v) is 10.2. The van der Waals surface area contributed by atoms with Gasteiger partial charge in [0.1, 0.15) is 5.69 Å². The van der Waals surface area contributed by atoms with Gasteiger partial charge in [-0.05, 0) is 42.1 Å². The zero-order valence-electron chi connectivity index (χ0n) is 14.1. The van der Waals surface area contributed by atoms with Crippen molar-refractivity contribution in [3.63, 3.8) is 0 Å². The van der Waals surface area contributed by atoms with E-state index < -0.39 is 16.0 Å². The summed E-state index contributed by atoms with van der Waals surface area (Å²) in [5.74, 6) is -0.885. The third-order valence-corrected chi connectivity index (χ3v) is 6.49. The summed E-state index contributed by atoms with van der Waals surface area (Å²) in [7, 11) is -4.13. The number of thiazole rings is 1. The molecule has 0 radical (unpaired) electrons. The lowest BCUT2D eigenvalue weighted by Crippen LogP contribution is -2.27. The van der Waals surface area contributed by atoms with E-state index in [1.807, 2.05) is 0 Å². The topological polar surface area (TPSA) is 76.1 Å². The zero-order valence-corrected chi connectivity index (χ0v) is 15.7. The summed E-state index contributed by atoms with van der Waals surface area (Å²) in [6, 6.07) is 7.83. The summed E-state index contributed by atoms with van der Waals surface area (Å²) < 4.78 is 42.2. The Morgan fingerprint density at radius 1 is 1.04 bits per heavy atom. The molecule has 3 heterocycles. The van der Waals surface area contributed by atoms with Crippen LogP contribution in [0.5, 0.6) is 0 Å². The molecule has 0 amide bonds. The second-order valence-electron chi connectivity index (χ2n) is 5.79. The molecular formula is C18H13FN4O2S2. The van der Waals surface area contributed by atoms with Crippen molar-refractivity contribution in [2.45, 2.75) is 11.8 Å². The van der Waals surface area contributed by atoms with Crippen LogP contribution >= 0.6 is 11.3 Å². The summed E-state index contributed by atoms with van der Waals surface area (Å²) in [6.07, 6.45) is 6.04. The molecule has 4 rings (SSSR count).